The van der Waals surface area contributed by atoms with Gasteiger partial charge >= 0.3 is 5.97 Å². The zero-order chi connectivity index (χ0) is 24.1. The van der Waals surface area contributed by atoms with Gasteiger partial charge in [-0.05, 0) is 31.8 Å². The third-order valence-corrected chi connectivity index (χ3v) is 4.69. The van der Waals surface area contributed by atoms with Gasteiger partial charge in [-0.1, -0.05) is 0 Å². The summed E-state index contributed by atoms with van der Waals surface area (Å²) in [5.74, 6) is -4.69. The van der Waals surface area contributed by atoms with Gasteiger partial charge in [0, 0.05) is 6.42 Å². The normalized spacial score (nSPS) is 14.4. The summed E-state index contributed by atoms with van der Waals surface area (Å²) in [6.45, 7) is 1.27. The summed E-state index contributed by atoms with van der Waals surface area (Å²) in [5.41, 5.74) is 15.7. The van der Waals surface area contributed by atoms with Crippen molar-refractivity contribution in [3.8, 4) is 0 Å². The van der Waals surface area contributed by atoms with Crippen molar-refractivity contribution in [3.05, 3.63) is 0 Å². The second kappa shape index (κ2) is 14.2. The Labute approximate surface area is 183 Å². The van der Waals surface area contributed by atoms with E-state index in [4.69, 9.17) is 22.3 Å². The van der Waals surface area contributed by atoms with Crippen LogP contribution in [0.4, 0.5) is 0 Å². The maximum atomic E-state index is 12.7. The first-order chi connectivity index (χ1) is 14.4. The molecule has 0 aromatic rings. The molecular weight excluding hydrogens is 432 g/mol. The van der Waals surface area contributed by atoms with Gasteiger partial charge in [0.2, 0.25) is 29.5 Å². The molecule has 4 atom stereocenters. The summed E-state index contributed by atoms with van der Waals surface area (Å²) in [5, 5.41) is 16.0. The zero-order valence-electron chi connectivity index (χ0n) is 17.4. The number of hydrogen-bond acceptors (Lipinski definition) is 8. The first kappa shape index (κ1) is 28.1. The molecule has 0 aliphatic carbocycles. The summed E-state index contributed by atoms with van der Waals surface area (Å²) in [7, 11) is 0. The van der Waals surface area contributed by atoms with Crippen molar-refractivity contribution in [3.63, 3.8) is 0 Å². The highest BCUT2D eigenvalue weighted by Gasteiger charge is 2.29. The van der Waals surface area contributed by atoms with E-state index in [2.05, 4.69) is 16.0 Å². The predicted molar refractivity (Wildman–Crippen MR) is 112 cm³/mol. The molecule has 0 aromatic carbocycles. The molecular formula is C17H30N6O7S. The van der Waals surface area contributed by atoms with Crippen molar-refractivity contribution in [1.29, 1.82) is 0 Å². The number of carboxylic acids is 1. The molecule has 14 heteroatoms. The number of aliphatic carboxylic acids is 1. The van der Waals surface area contributed by atoms with Gasteiger partial charge in [-0.3, -0.25) is 28.8 Å². The van der Waals surface area contributed by atoms with Crippen molar-refractivity contribution < 1.29 is 33.9 Å². The third kappa shape index (κ3) is 11.8. The Balaban J connectivity index is 5.37. The predicted octanol–water partition coefficient (Wildman–Crippen LogP) is -3.23. The Morgan fingerprint density at radius 3 is 1.87 bits per heavy atom. The van der Waals surface area contributed by atoms with Crippen LogP contribution < -0.4 is 33.2 Å². The van der Waals surface area contributed by atoms with Crippen LogP contribution in [-0.2, 0) is 28.8 Å². The van der Waals surface area contributed by atoms with Crippen LogP contribution in [0.1, 0.15) is 32.6 Å². The quantitative estimate of drug-likeness (QED) is 0.129. The smallest absolute Gasteiger partial charge is 0.325 e. The number of nitrogens with one attached hydrogen (secondary N) is 3. The number of primary amides is 2. The largest absolute Gasteiger partial charge is 0.480 e. The van der Waals surface area contributed by atoms with E-state index >= 15 is 0 Å². The molecule has 13 nitrogen and oxygen atoms in total. The number of carbonyl (C=O) groups excluding carboxylic acids is 5. The second-order valence-electron chi connectivity index (χ2n) is 6.75. The summed E-state index contributed by atoms with van der Waals surface area (Å²) >= 11 is 1.40. The maximum absolute atomic E-state index is 12.7. The minimum absolute atomic E-state index is 0.182. The van der Waals surface area contributed by atoms with Crippen LogP contribution in [0, 0.1) is 0 Å². The lowest BCUT2D eigenvalue weighted by Gasteiger charge is -2.24. The van der Waals surface area contributed by atoms with E-state index in [0.29, 0.717) is 5.75 Å². The minimum Gasteiger partial charge on any atom is -0.480 e. The summed E-state index contributed by atoms with van der Waals surface area (Å²) in [4.78, 5) is 70.3. The zero-order valence-corrected chi connectivity index (χ0v) is 18.2. The number of carbonyl (C=O) groups is 6. The summed E-state index contributed by atoms with van der Waals surface area (Å²) < 4.78 is 0. The Kier molecular flexibility index (Phi) is 12.9. The third-order valence-electron chi connectivity index (χ3n) is 4.04. The van der Waals surface area contributed by atoms with Crippen LogP contribution in [0.2, 0.25) is 0 Å². The van der Waals surface area contributed by atoms with Crippen LogP contribution in [-0.4, -0.2) is 76.8 Å². The van der Waals surface area contributed by atoms with Gasteiger partial charge in [0.05, 0.1) is 12.5 Å². The van der Waals surface area contributed by atoms with E-state index in [-0.39, 0.29) is 19.3 Å². The standard InChI is InChI=1S/C17H30N6O7S/c1-8(17(29)30)21-15(27)11(5-6-31-2)23-16(28)10(3-4-12(19)24)22-14(26)9(18)7-13(20)25/h8-11H,3-7,18H2,1-2H3,(H2,19,24)(H2,20,25)(H,21,27)(H,22,26)(H,23,28)(H,29,30). The number of rotatable bonds is 15. The first-order valence-electron chi connectivity index (χ1n) is 9.34. The van der Waals surface area contributed by atoms with Gasteiger partial charge < -0.3 is 38.3 Å². The molecule has 0 rings (SSSR count). The molecule has 4 unspecified atom stereocenters. The summed E-state index contributed by atoms with van der Waals surface area (Å²) in [6, 6.07) is -4.86. The van der Waals surface area contributed by atoms with Gasteiger partial charge in [0.1, 0.15) is 18.1 Å². The number of nitrogens with two attached hydrogens (primary N) is 3. The van der Waals surface area contributed by atoms with Gasteiger partial charge in [-0.15, -0.1) is 0 Å². The van der Waals surface area contributed by atoms with Crippen LogP contribution >= 0.6 is 11.8 Å². The second-order valence-corrected chi connectivity index (χ2v) is 7.74. The number of hydrogen-bond donors (Lipinski definition) is 7. The minimum atomic E-state index is -1.31. The molecule has 176 valence electrons. The molecule has 10 N–H and O–H groups in total. The highest BCUT2D eigenvalue weighted by Crippen LogP contribution is 2.05. The lowest BCUT2D eigenvalue weighted by molar-refractivity contribution is -0.141. The van der Waals surface area contributed by atoms with Gasteiger partial charge in [0.25, 0.3) is 0 Å². The van der Waals surface area contributed by atoms with Gasteiger partial charge in [-0.2, -0.15) is 11.8 Å². The van der Waals surface area contributed by atoms with E-state index in [9.17, 15) is 28.8 Å². The molecule has 5 amide bonds. The Morgan fingerprint density at radius 1 is 0.871 bits per heavy atom. The van der Waals surface area contributed by atoms with E-state index in [1.807, 2.05) is 0 Å². The Morgan fingerprint density at radius 2 is 1.39 bits per heavy atom. The van der Waals surface area contributed by atoms with E-state index in [0.717, 1.165) is 0 Å². The molecule has 0 bridgehead atoms. The van der Waals surface area contributed by atoms with Crippen molar-refractivity contribution in [2.45, 2.75) is 56.8 Å². The SMILES string of the molecule is CSCCC(NC(=O)C(CCC(N)=O)NC(=O)C(N)CC(N)=O)C(=O)NC(C)C(=O)O. The maximum Gasteiger partial charge on any atom is 0.325 e. The number of amides is 5. The molecule has 0 spiro atoms. The van der Waals surface area contributed by atoms with Crippen LogP contribution in [0.25, 0.3) is 0 Å². The monoisotopic (exact) mass is 462 g/mol. The van der Waals surface area contributed by atoms with Crippen LogP contribution in [0.5, 0.6) is 0 Å². The average molecular weight is 463 g/mol. The topological polar surface area (TPSA) is 237 Å². The van der Waals surface area contributed by atoms with Gasteiger partial charge in [-0.25, -0.2) is 0 Å². The van der Waals surface area contributed by atoms with Crippen LogP contribution in [0.3, 0.4) is 0 Å². The Bertz CT molecular complexity index is 690. The molecule has 0 heterocycles. The number of carboxylic acid groups (broad SMARTS) is 1. The van der Waals surface area contributed by atoms with Crippen molar-refractivity contribution in [2.24, 2.45) is 17.2 Å². The molecule has 0 aliphatic heterocycles. The fourth-order valence-corrected chi connectivity index (χ4v) is 2.77. The van der Waals surface area contributed by atoms with E-state index < -0.39 is 66.1 Å². The molecule has 0 saturated heterocycles. The summed E-state index contributed by atoms with van der Waals surface area (Å²) in [6.07, 6.45) is 1.08. The van der Waals surface area contributed by atoms with Crippen molar-refractivity contribution >= 4 is 47.3 Å². The van der Waals surface area contributed by atoms with Gasteiger partial charge in [0.15, 0.2) is 0 Å². The number of thioether (sulfide) groups is 1. The van der Waals surface area contributed by atoms with E-state index in [1.54, 1.807) is 6.26 Å². The van der Waals surface area contributed by atoms with Crippen molar-refractivity contribution in [1.82, 2.24) is 16.0 Å². The molecule has 0 aliphatic rings. The van der Waals surface area contributed by atoms with E-state index in [1.165, 1.54) is 18.7 Å². The lowest BCUT2D eigenvalue weighted by Crippen LogP contribution is -2.57. The lowest BCUT2D eigenvalue weighted by atomic mass is 10.1. The highest BCUT2D eigenvalue weighted by atomic mass is 32.2. The highest BCUT2D eigenvalue weighted by molar-refractivity contribution is 7.98. The van der Waals surface area contributed by atoms with Crippen LogP contribution in [0.15, 0.2) is 0 Å². The molecule has 0 fully saturated rings. The first-order valence-corrected chi connectivity index (χ1v) is 10.7. The fraction of sp³-hybridized carbons (Fsp3) is 0.647. The molecule has 0 aromatic heterocycles. The average Bonchev–Trinajstić information content (AvgIpc) is 2.66. The Hall–Kier alpha value is -2.87. The molecule has 31 heavy (non-hydrogen) atoms. The molecule has 0 saturated carbocycles. The van der Waals surface area contributed by atoms with Crippen molar-refractivity contribution in [2.75, 3.05) is 12.0 Å². The fourth-order valence-electron chi connectivity index (χ4n) is 2.30. The molecule has 0 radical (unpaired) electrons.